The Morgan fingerprint density at radius 2 is 1.75 bits per heavy atom. The van der Waals surface area contributed by atoms with Gasteiger partial charge in [-0.05, 0) is 31.9 Å². The Balaban J connectivity index is 2.74. The van der Waals surface area contributed by atoms with E-state index in [1.54, 1.807) is 0 Å². The van der Waals surface area contributed by atoms with Crippen LogP contribution in [0.2, 0.25) is 0 Å². The van der Waals surface area contributed by atoms with Crippen molar-refractivity contribution in [2.75, 3.05) is 0 Å². The van der Waals surface area contributed by atoms with Gasteiger partial charge in [0, 0.05) is 11.5 Å². The van der Waals surface area contributed by atoms with E-state index in [1.165, 1.54) is 0 Å². The fourth-order valence-electron chi connectivity index (χ4n) is 2.63. The van der Waals surface area contributed by atoms with E-state index >= 15 is 0 Å². The smallest absolute Gasteiger partial charge is 0.341 e. The summed E-state index contributed by atoms with van der Waals surface area (Å²) in [5, 5.41) is 13.5. The number of carboxylic acids is 1. The molecule has 0 spiro atoms. The van der Waals surface area contributed by atoms with Crippen molar-refractivity contribution in [2.45, 2.75) is 40.5 Å². The zero-order chi connectivity index (χ0) is 15.0. The van der Waals surface area contributed by atoms with Gasteiger partial charge in [0.15, 0.2) is 5.76 Å². The maximum absolute atomic E-state index is 11.6. The lowest BCUT2D eigenvalue weighted by atomic mass is 9.93. The molecule has 2 rings (SSSR count). The van der Waals surface area contributed by atoms with E-state index in [0.717, 1.165) is 22.3 Å². The number of aromatic nitrogens is 1. The van der Waals surface area contributed by atoms with Crippen molar-refractivity contribution < 1.29 is 14.4 Å². The largest absolute Gasteiger partial charge is 0.477 e. The highest BCUT2D eigenvalue weighted by Gasteiger charge is 2.26. The van der Waals surface area contributed by atoms with Crippen LogP contribution in [0.3, 0.4) is 0 Å². The number of hydrogen-bond acceptors (Lipinski definition) is 3. The molecule has 0 aliphatic rings. The molecule has 0 radical (unpaired) electrons. The highest BCUT2D eigenvalue weighted by Crippen LogP contribution is 2.34. The molecule has 0 saturated heterocycles. The molecule has 1 aromatic heterocycles. The standard InChI is InChI=1S/C16H19NO3/c1-8(2)15-13(16(18)19)14(17-20-15)12-10(4)6-9(3)7-11(12)5/h6-8H,1-5H3,(H,18,19). The molecule has 0 saturated carbocycles. The molecule has 0 fully saturated rings. The van der Waals surface area contributed by atoms with Gasteiger partial charge in [-0.2, -0.15) is 0 Å². The van der Waals surface area contributed by atoms with Crippen LogP contribution < -0.4 is 0 Å². The summed E-state index contributed by atoms with van der Waals surface area (Å²) in [6, 6.07) is 4.05. The topological polar surface area (TPSA) is 63.3 Å². The molecular formula is C16H19NO3. The number of carbonyl (C=O) groups is 1. The summed E-state index contributed by atoms with van der Waals surface area (Å²) in [4.78, 5) is 11.6. The minimum absolute atomic E-state index is 0.0200. The van der Waals surface area contributed by atoms with E-state index in [-0.39, 0.29) is 11.5 Å². The first-order chi connectivity index (χ1) is 9.32. The van der Waals surface area contributed by atoms with Crippen LogP contribution >= 0.6 is 0 Å². The second-order valence-electron chi connectivity index (χ2n) is 5.50. The summed E-state index contributed by atoms with van der Waals surface area (Å²) < 4.78 is 5.28. The minimum atomic E-state index is -0.996. The van der Waals surface area contributed by atoms with Crippen LogP contribution in [0.25, 0.3) is 11.3 Å². The van der Waals surface area contributed by atoms with Gasteiger partial charge in [-0.25, -0.2) is 4.79 Å². The normalized spacial score (nSPS) is 11.1. The zero-order valence-corrected chi connectivity index (χ0v) is 12.4. The molecule has 0 amide bonds. The summed E-state index contributed by atoms with van der Waals surface area (Å²) in [5.41, 5.74) is 4.62. The number of aryl methyl sites for hydroxylation is 3. The molecule has 1 N–H and O–H groups in total. The van der Waals surface area contributed by atoms with Crippen molar-refractivity contribution in [1.82, 2.24) is 5.16 Å². The van der Waals surface area contributed by atoms with Gasteiger partial charge in [0.1, 0.15) is 11.3 Å². The lowest BCUT2D eigenvalue weighted by molar-refractivity contribution is 0.0694. The van der Waals surface area contributed by atoms with Gasteiger partial charge < -0.3 is 9.63 Å². The van der Waals surface area contributed by atoms with Crippen LogP contribution in [0.5, 0.6) is 0 Å². The van der Waals surface area contributed by atoms with Gasteiger partial charge in [-0.15, -0.1) is 0 Å². The number of carboxylic acid groups (broad SMARTS) is 1. The van der Waals surface area contributed by atoms with Crippen molar-refractivity contribution in [3.8, 4) is 11.3 Å². The zero-order valence-electron chi connectivity index (χ0n) is 12.4. The maximum atomic E-state index is 11.6. The Kier molecular flexibility index (Phi) is 3.66. The Morgan fingerprint density at radius 3 is 2.20 bits per heavy atom. The Bertz CT molecular complexity index is 645. The van der Waals surface area contributed by atoms with Crippen molar-refractivity contribution in [1.29, 1.82) is 0 Å². The summed E-state index contributed by atoms with van der Waals surface area (Å²) in [7, 11) is 0. The van der Waals surface area contributed by atoms with Crippen LogP contribution in [0.1, 0.15) is 52.6 Å². The Hall–Kier alpha value is -2.10. The highest BCUT2D eigenvalue weighted by molar-refractivity contribution is 5.96. The molecule has 1 heterocycles. The van der Waals surface area contributed by atoms with Crippen LogP contribution in [-0.4, -0.2) is 16.2 Å². The third kappa shape index (κ3) is 2.33. The molecule has 0 atom stereocenters. The van der Waals surface area contributed by atoms with E-state index in [0.29, 0.717) is 11.5 Å². The number of nitrogens with zero attached hydrogens (tertiary/aromatic N) is 1. The number of benzene rings is 1. The second kappa shape index (κ2) is 5.12. The summed E-state index contributed by atoms with van der Waals surface area (Å²) in [6.45, 7) is 9.73. The van der Waals surface area contributed by atoms with E-state index < -0.39 is 5.97 Å². The molecule has 0 unspecified atom stereocenters. The maximum Gasteiger partial charge on any atom is 0.341 e. The van der Waals surface area contributed by atoms with Crippen LogP contribution in [0, 0.1) is 20.8 Å². The van der Waals surface area contributed by atoms with E-state index in [2.05, 4.69) is 5.16 Å². The molecule has 0 aliphatic carbocycles. The van der Waals surface area contributed by atoms with Gasteiger partial charge in [-0.3, -0.25) is 0 Å². The van der Waals surface area contributed by atoms with Gasteiger partial charge in [-0.1, -0.05) is 36.7 Å². The molecule has 0 aliphatic heterocycles. The average Bonchev–Trinajstić information content (AvgIpc) is 2.72. The third-order valence-electron chi connectivity index (χ3n) is 3.37. The molecule has 2 aromatic rings. The number of aromatic carboxylic acids is 1. The van der Waals surface area contributed by atoms with Crippen LogP contribution in [0.15, 0.2) is 16.7 Å². The van der Waals surface area contributed by atoms with Crippen LogP contribution in [0.4, 0.5) is 0 Å². The first kappa shape index (κ1) is 14.3. The number of hydrogen-bond donors (Lipinski definition) is 1. The quantitative estimate of drug-likeness (QED) is 0.914. The van der Waals surface area contributed by atoms with Gasteiger partial charge in [0.05, 0.1) is 0 Å². The third-order valence-corrected chi connectivity index (χ3v) is 3.37. The second-order valence-corrected chi connectivity index (χ2v) is 5.50. The monoisotopic (exact) mass is 273 g/mol. The van der Waals surface area contributed by atoms with Crippen LogP contribution in [-0.2, 0) is 0 Å². The molecule has 1 aromatic carbocycles. The predicted octanol–water partition coefficient (Wildman–Crippen LogP) is 4.09. The van der Waals surface area contributed by atoms with E-state index in [1.807, 2.05) is 46.8 Å². The molecule has 106 valence electrons. The van der Waals surface area contributed by atoms with Crippen molar-refractivity contribution in [2.24, 2.45) is 0 Å². The highest BCUT2D eigenvalue weighted by atomic mass is 16.5. The van der Waals surface area contributed by atoms with Gasteiger partial charge in [0.25, 0.3) is 0 Å². The van der Waals surface area contributed by atoms with E-state index in [9.17, 15) is 9.90 Å². The Labute approximate surface area is 118 Å². The summed E-state index contributed by atoms with van der Waals surface area (Å²) in [6.07, 6.45) is 0. The predicted molar refractivity (Wildman–Crippen MR) is 77.2 cm³/mol. The molecular weight excluding hydrogens is 254 g/mol. The SMILES string of the molecule is Cc1cc(C)c(-c2noc(C(C)C)c2C(=O)O)c(C)c1. The van der Waals surface area contributed by atoms with Gasteiger partial charge >= 0.3 is 5.97 Å². The fraction of sp³-hybridized carbons (Fsp3) is 0.375. The molecule has 0 bridgehead atoms. The fourth-order valence-corrected chi connectivity index (χ4v) is 2.63. The van der Waals surface area contributed by atoms with Crippen molar-refractivity contribution in [3.63, 3.8) is 0 Å². The van der Waals surface area contributed by atoms with Gasteiger partial charge in [0.2, 0.25) is 0 Å². The number of rotatable bonds is 3. The van der Waals surface area contributed by atoms with Crippen molar-refractivity contribution in [3.05, 3.63) is 40.1 Å². The first-order valence-electron chi connectivity index (χ1n) is 6.64. The molecule has 4 nitrogen and oxygen atoms in total. The average molecular weight is 273 g/mol. The Morgan fingerprint density at radius 1 is 1.20 bits per heavy atom. The lowest BCUT2D eigenvalue weighted by Crippen LogP contribution is -2.04. The summed E-state index contributed by atoms with van der Waals surface area (Å²) >= 11 is 0. The van der Waals surface area contributed by atoms with Crippen molar-refractivity contribution >= 4 is 5.97 Å². The minimum Gasteiger partial charge on any atom is -0.477 e. The van der Waals surface area contributed by atoms with E-state index in [4.69, 9.17) is 4.52 Å². The molecule has 20 heavy (non-hydrogen) atoms. The lowest BCUT2D eigenvalue weighted by Gasteiger charge is -2.09. The first-order valence-corrected chi connectivity index (χ1v) is 6.64. The summed E-state index contributed by atoms with van der Waals surface area (Å²) in [5.74, 6) is -0.593. The molecule has 4 heteroatoms.